The van der Waals surface area contributed by atoms with Gasteiger partial charge in [-0.25, -0.2) is 0 Å². The van der Waals surface area contributed by atoms with Crippen molar-refractivity contribution in [3.05, 3.63) is 29.8 Å². The summed E-state index contributed by atoms with van der Waals surface area (Å²) in [5, 5.41) is 23.9. The average Bonchev–Trinajstić information content (AvgIpc) is 2.97. The van der Waals surface area contributed by atoms with Crippen molar-refractivity contribution in [2.75, 3.05) is 5.73 Å². The van der Waals surface area contributed by atoms with Crippen molar-refractivity contribution < 1.29 is 9.90 Å². The standard InChI is InChI=1S/C15H22N6O2/c1-4-12(13(22)9(2)3)17-14(23)10-6-5-7-11(8-10)21-15(16)18-19-20-21/h5-9,12-13,22H,4H2,1-3H3,(H,17,23)(H2,16,18,20). The molecule has 0 aliphatic heterocycles. The van der Waals surface area contributed by atoms with Crippen LogP contribution in [0, 0.1) is 5.92 Å². The molecule has 0 radical (unpaired) electrons. The maximum atomic E-state index is 12.4. The number of carbonyl (C=O) groups is 1. The Balaban J connectivity index is 2.18. The normalized spacial score (nSPS) is 13.8. The van der Waals surface area contributed by atoms with E-state index in [0.717, 1.165) is 0 Å². The van der Waals surface area contributed by atoms with Gasteiger partial charge in [0, 0.05) is 5.56 Å². The number of amides is 1. The first kappa shape index (κ1) is 16.9. The molecule has 1 aromatic carbocycles. The van der Waals surface area contributed by atoms with Gasteiger partial charge in [-0.1, -0.05) is 31.9 Å². The number of rotatable bonds is 6. The third-order valence-electron chi connectivity index (χ3n) is 3.70. The molecule has 0 spiro atoms. The third-order valence-corrected chi connectivity index (χ3v) is 3.70. The number of carbonyl (C=O) groups excluding carboxylic acids is 1. The molecule has 2 aromatic rings. The molecule has 8 heteroatoms. The molecule has 0 bridgehead atoms. The van der Waals surface area contributed by atoms with E-state index in [1.165, 1.54) is 4.68 Å². The quantitative estimate of drug-likeness (QED) is 0.724. The molecule has 2 atom stereocenters. The summed E-state index contributed by atoms with van der Waals surface area (Å²) in [6.07, 6.45) is 0.0485. The molecule has 124 valence electrons. The van der Waals surface area contributed by atoms with Crippen molar-refractivity contribution in [3.63, 3.8) is 0 Å². The lowest BCUT2D eigenvalue weighted by Gasteiger charge is -2.25. The van der Waals surface area contributed by atoms with Crippen molar-refractivity contribution in [2.24, 2.45) is 5.92 Å². The van der Waals surface area contributed by atoms with Crippen LogP contribution >= 0.6 is 0 Å². The Morgan fingerprint density at radius 2 is 2.17 bits per heavy atom. The monoisotopic (exact) mass is 318 g/mol. The van der Waals surface area contributed by atoms with Gasteiger partial charge in [-0.05, 0) is 41.0 Å². The average molecular weight is 318 g/mol. The number of hydrogen-bond acceptors (Lipinski definition) is 6. The number of tetrazole rings is 1. The molecule has 0 fully saturated rings. The maximum Gasteiger partial charge on any atom is 0.251 e. The predicted octanol–water partition coefficient (Wildman–Crippen LogP) is 0.770. The summed E-state index contributed by atoms with van der Waals surface area (Å²) in [6.45, 7) is 5.76. The molecule has 2 rings (SSSR count). The third kappa shape index (κ3) is 3.84. The van der Waals surface area contributed by atoms with Crippen LogP contribution in [0.5, 0.6) is 0 Å². The molecule has 0 saturated carbocycles. The number of nitrogens with two attached hydrogens (primary N) is 1. The maximum absolute atomic E-state index is 12.4. The van der Waals surface area contributed by atoms with Gasteiger partial charge in [0.15, 0.2) is 0 Å². The molecule has 2 unspecified atom stereocenters. The van der Waals surface area contributed by atoms with Crippen LogP contribution in [0.25, 0.3) is 5.69 Å². The Labute approximate surface area is 134 Å². The minimum Gasteiger partial charge on any atom is -0.391 e. The van der Waals surface area contributed by atoms with Crippen LogP contribution in [0.4, 0.5) is 5.95 Å². The number of anilines is 1. The summed E-state index contributed by atoms with van der Waals surface area (Å²) < 4.78 is 1.34. The van der Waals surface area contributed by atoms with Crippen LogP contribution in [-0.2, 0) is 0 Å². The Bertz CT molecular complexity index is 669. The lowest BCUT2D eigenvalue weighted by atomic mass is 9.97. The van der Waals surface area contributed by atoms with Crippen LogP contribution in [0.1, 0.15) is 37.6 Å². The fraction of sp³-hybridized carbons (Fsp3) is 0.467. The Morgan fingerprint density at radius 3 is 2.74 bits per heavy atom. The highest BCUT2D eigenvalue weighted by Gasteiger charge is 2.23. The number of aromatic nitrogens is 4. The predicted molar refractivity (Wildman–Crippen MR) is 86.0 cm³/mol. The van der Waals surface area contributed by atoms with E-state index in [4.69, 9.17) is 5.73 Å². The van der Waals surface area contributed by atoms with Gasteiger partial charge >= 0.3 is 0 Å². The van der Waals surface area contributed by atoms with Gasteiger partial charge in [-0.15, -0.1) is 0 Å². The van der Waals surface area contributed by atoms with Crippen molar-refractivity contribution in [1.82, 2.24) is 25.5 Å². The fourth-order valence-corrected chi connectivity index (χ4v) is 2.30. The zero-order valence-electron chi connectivity index (χ0n) is 13.5. The van der Waals surface area contributed by atoms with Gasteiger partial charge < -0.3 is 16.2 Å². The largest absolute Gasteiger partial charge is 0.391 e. The number of hydrogen-bond donors (Lipinski definition) is 3. The van der Waals surface area contributed by atoms with Gasteiger partial charge in [-0.2, -0.15) is 4.68 Å². The van der Waals surface area contributed by atoms with E-state index in [1.54, 1.807) is 24.3 Å². The van der Waals surface area contributed by atoms with E-state index < -0.39 is 6.10 Å². The van der Waals surface area contributed by atoms with Gasteiger partial charge in [0.05, 0.1) is 17.8 Å². The molecule has 0 aliphatic rings. The van der Waals surface area contributed by atoms with Crippen molar-refractivity contribution in [3.8, 4) is 5.69 Å². The minimum atomic E-state index is -0.595. The van der Waals surface area contributed by atoms with Gasteiger partial charge in [0.25, 0.3) is 5.91 Å². The molecular formula is C15H22N6O2. The first-order chi connectivity index (χ1) is 10.9. The molecule has 1 aromatic heterocycles. The summed E-state index contributed by atoms with van der Waals surface area (Å²) in [7, 11) is 0. The molecule has 1 heterocycles. The van der Waals surface area contributed by atoms with Crippen LogP contribution in [0.3, 0.4) is 0 Å². The van der Waals surface area contributed by atoms with E-state index in [9.17, 15) is 9.90 Å². The fourth-order valence-electron chi connectivity index (χ4n) is 2.30. The van der Waals surface area contributed by atoms with E-state index in [2.05, 4.69) is 20.8 Å². The van der Waals surface area contributed by atoms with E-state index in [0.29, 0.717) is 17.7 Å². The highest BCUT2D eigenvalue weighted by atomic mass is 16.3. The van der Waals surface area contributed by atoms with Crippen molar-refractivity contribution in [2.45, 2.75) is 39.3 Å². The number of aliphatic hydroxyl groups is 1. The Morgan fingerprint density at radius 1 is 1.43 bits per heavy atom. The number of nitrogens with one attached hydrogen (secondary N) is 1. The minimum absolute atomic E-state index is 0.0626. The molecule has 8 nitrogen and oxygen atoms in total. The van der Waals surface area contributed by atoms with Gasteiger partial charge in [0.1, 0.15) is 0 Å². The van der Waals surface area contributed by atoms with Crippen molar-refractivity contribution in [1.29, 1.82) is 0 Å². The summed E-state index contributed by atoms with van der Waals surface area (Å²) in [5.74, 6) is -0.0538. The Hall–Kier alpha value is -2.48. The second kappa shape index (κ2) is 7.19. The van der Waals surface area contributed by atoms with E-state index in [1.807, 2.05) is 20.8 Å². The highest BCUT2D eigenvalue weighted by molar-refractivity contribution is 5.95. The van der Waals surface area contributed by atoms with E-state index >= 15 is 0 Å². The molecule has 4 N–H and O–H groups in total. The van der Waals surface area contributed by atoms with Crippen LogP contribution in [0.2, 0.25) is 0 Å². The van der Waals surface area contributed by atoms with Crippen molar-refractivity contribution >= 4 is 11.9 Å². The zero-order chi connectivity index (χ0) is 17.0. The topological polar surface area (TPSA) is 119 Å². The van der Waals surface area contributed by atoms with Crippen LogP contribution in [0.15, 0.2) is 24.3 Å². The first-order valence-electron chi connectivity index (χ1n) is 7.57. The number of nitrogens with zero attached hydrogens (tertiary/aromatic N) is 4. The molecule has 23 heavy (non-hydrogen) atoms. The molecular weight excluding hydrogens is 296 g/mol. The summed E-state index contributed by atoms with van der Waals surface area (Å²) in [5.41, 5.74) is 6.71. The highest BCUT2D eigenvalue weighted by Crippen LogP contribution is 2.14. The first-order valence-corrected chi connectivity index (χ1v) is 7.57. The molecule has 1 amide bonds. The SMILES string of the molecule is CCC(NC(=O)c1cccc(-n2nnnc2N)c1)C(O)C(C)C. The van der Waals surface area contributed by atoms with Gasteiger partial charge in [-0.3, -0.25) is 4.79 Å². The number of aliphatic hydroxyl groups excluding tert-OH is 1. The molecule has 0 saturated heterocycles. The summed E-state index contributed by atoms with van der Waals surface area (Å²) >= 11 is 0. The van der Waals surface area contributed by atoms with Gasteiger partial charge in [0.2, 0.25) is 5.95 Å². The lowest BCUT2D eigenvalue weighted by Crippen LogP contribution is -2.45. The number of benzene rings is 1. The second-order valence-electron chi connectivity index (χ2n) is 5.72. The zero-order valence-corrected chi connectivity index (χ0v) is 13.5. The van der Waals surface area contributed by atoms with Crippen LogP contribution in [-0.4, -0.2) is 43.4 Å². The summed E-state index contributed by atoms with van der Waals surface area (Å²) in [4.78, 5) is 12.4. The second-order valence-corrected chi connectivity index (χ2v) is 5.72. The van der Waals surface area contributed by atoms with E-state index in [-0.39, 0.29) is 23.8 Å². The summed E-state index contributed by atoms with van der Waals surface area (Å²) in [6, 6.07) is 6.52. The molecule has 0 aliphatic carbocycles. The Kier molecular flexibility index (Phi) is 5.28. The lowest BCUT2D eigenvalue weighted by molar-refractivity contribution is 0.0678. The van der Waals surface area contributed by atoms with Crippen LogP contribution < -0.4 is 11.1 Å². The number of nitrogen functional groups attached to an aromatic ring is 1. The smallest absolute Gasteiger partial charge is 0.251 e.